The number of halogens is 1. The number of ether oxygens (including phenoxy) is 1. The lowest BCUT2D eigenvalue weighted by Crippen LogP contribution is -2.34. The average Bonchev–Trinajstić information content (AvgIpc) is 2.04. The van der Waals surface area contributed by atoms with Crippen LogP contribution in [0.2, 0.25) is 0 Å². The summed E-state index contributed by atoms with van der Waals surface area (Å²) in [6.07, 6.45) is 0.400. The molecule has 0 fully saturated rings. The van der Waals surface area contributed by atoms with Crippen LogP contribution in [0.15, 0.2) is 0 Å². The van der Waals surface area contributed by atoms with Crippen molar-refractivity contribution in [2.45, 2.75) is 12.5 Å². The maximum absolute atomic E-state index is 10.9. The van der Waals surface area contributed by atoms with Crippen molar-refractivity contribution in [2.24, 2.45) is 5.73 Å². The Hall–Kier alpha value is -0.0700. The lowest BCUT2D eigenvalue weighted by molar-refractivity contribution is -0.158. The maximum atomic E-state index is 10.9. The minimum absolute atomic E-state index is 0.00760. The van der Waals surface area contributed by atoms with E-state index in [4.69, 9.17) is 5.73 Å². The molecule has 12 heavy (non-hydrogen) atoms. The van der Waals surface area contributed by atoms with Gasteiger partial charge in [0.25, 0.3) is 0 Å². The molecule has 0 aliphatic heterocycles. The molecule has 70 valence electrons. The van der Waals surface area contributed by atoms with E-state index in [9.17, 15) is 9.59 Å². The third-order valence-electron chi connectivity index (χ3n) is 1.07. The molecule has 0 radical (unpaired) electrons. The first-order valence-corrected chi connectivity index (χ1v) is 5.04. The molecule has 0 aromatic heterocycles. The Morgan fingerprint density at radius 2 is 2.17 bits per heavy atom. The van der Waals surface area contributed by atoms with E-state index in [-0.39, 0.29) is 5.33 Å². The van der Waals surface area contributed by atoms with Crippen LogP contribution in [0.3, 0.4) is 0 Å². The second kappa shape index (κ2) is 6.45. The van der Waals surface area contributed by atoms with Crippen LogP contribution in [0.4, 0.5) is 0 Å². The lowest BCUT2D eigenvalue weighted by Gasteiger charge is -2.07. The molecular formula is C6H10BrNO3S. The Kier molecular flexibility index (Phi) is 6.41. The minimum Gasteiger partial charge on any atom is -0.391 e. The molecule has 2 N–H and O–H groups in total. The van der Waals surface area contributed by atoms with Gasteiger partial charge in [-0.25, -0.2) is 4.79 Å². The number of thiol groups is 1. The zero-order chi connectivity index (χ0) is 9.56. The predicted octanol–water partition coefficient (Wildman–Crippen LogP) is 0.0983. The third kappa shape index (κ3) is 4.74. The summed E-state index contributed by atoms with van der Waals surface area (Å²) in [5.74, 6) is -0.846. The summed E-state index contributed by atoms with van der Waals surface area (Å²) >= 11 is 6.73. The van der Waals surface area contributed by atoms with Crippen molar-refractivity contribution in [3.63, 3.8) is 0 Å². The molecule has 0 aromatic carbocycles. The van der Waals surface area contributed by atoms with Crippen molar-refractivity contribution in [1.82, 2.24) is 0 Å². The van der Waals surface area contributed by atoms with Gasteiger partial charge in [0.05, 0.1) is 0 Å². The fourth-order valence-corrected chi connectivity index (χ4v) is 0.865. The highest BCUT2D eigenvalue weighted by atomic mass is 79.9. The second-order valence-electron chi connectivity index (χ2n) is 2.05. The van der Waals surface area contributed by atoms with Gasteiger partial charge in [0, 0.05) is 0 Å². The van der Waals surface area contributed by atoms with Crippen LogP contribution < -0.4 is 5.73 Å². The van der Waals surface area contributed by atoms with Crippen LogP contribution in [-0.4, -0.2) is 29.1 Å². The highest BCUT2D eigenvalue weighted by Crippen LogP contribution is 1.95. The zero-order valence-electron chi connectivity index (χ0n) is 6.33. The first kappa shape index (κ1) is 11.9. The number of hydrogen-bond donors (Lipinski definition) is 2. The molecule has 0 saturated carbocycles. The summed E-state index contributed by atoms with van der Waals surface area (Å²) in [6, 6.07) is -0.759. The zero-order valence-corrected chi connectivity index (χ0v) is 8.81. The van der Waals surface area contributed by atoms with Gasteiger partial charge in [-0.05, 0) is 12.2 Å². The molecule has 4 nitrogen and oxygen atoms in total. The van der Waals surface area contributed by atoms with Crippen molar-refractivity contribution in [2.75, 3.05) is 11.1 Å². The van der Waals surface area contributed by atoms with Crippen LogP contribution in [0.1, 0.15) is 6.42 Å². The van der Waals surface area contributed by atoms with Crippen LogP contribution in [0.5, 0.6) is 0 Å². The van der Waals surface area contributed by atoms with E-state index in [2.05, 4.69) is 33.3 Å². The first-order chi connectivity index (χ1) is 5.61. The first-order valence-electron chi connectivity index (χ1n) is 3.28. The van der Waals surface area contributed by atoms with Crippen molar-refractivity contribution < 1.29 is 14.3 Å². The Labute approximate surface area is 84.4 Å². The number of nitrogens with two attached hydrogens (primary N) is 1. The summed E-state index contributed by atoms with van der Waals surface area (Å²) in [6.45, 7) is 0. The van der Waals surface area contributed by atoms with E-state index < -0.39 is 18.0 Å². The molecule has 0 unspecified atom stereocenters. The summed E-state index contributed by atoms with van der Waals surface area (Å²) in [4.78, 5) is 21.4. The Morgan fingerprint density at radius 3 is 2.58 bits per heavy atom. The summed E-state index contributed by atoms with van der Waals surface area (Å²) in [7, 11) is 0. The van der Waals surface area contributed by atoms with Gasteiger partial charge in [-0.2, -0.15) is 12.6 Å². The minimum atomic E-state index is -0.759. The smallest absolute Gasteiger partial charge is 0.330 e. The molecule has 0 aliphatic carbocycles. The maximum Gasteiger partial charge on any atom is 0.330 e. The fraction of sp³-hybridized carbons (Fsp3) is 0.667. The molecule has 0 rings (SSSR count). The highest BCUT2D eigenvalue weighted by Gasteiger charge is 2.16. The van der Waals surface area contributed by atoms with E-state index >= 15 is 0 Å². The molecule has 6 heteroatoms. The molecule has 0 spiro atoms. The van der Waals surface area contributed by atoms with Crippen molar-refractivity contribution >= 4 is 40.5 Å². The normalized spacial score (nSPS) is 12.2. The van der Waals surface area contributed by atoms with E-state index in [0.717, 1.165) is 0 Å². The molecule has 0 heterocycles. The standard InChI is InChI=1S/C6H10BrNO3S/c7-3-5(9)11-6(10)4(8)1-2-12/h4,12H,1-3,8H2/t4-/m1/s1. The van der Waals surface area contributed by atoms with Gasteiger partial charge in [-0.3, -0.25) is 4.79 Å². The highest BCUT2D eigenvalue weighted by molar-refractivity contribution is 9.09. The van der Waals surface area contributed by atoms with Gasteiger partial charge in [0.1, 0.15) is 11.4 Å². The van der Waals surface area contributed by atoms with E-state index in [1.165, 1.54) is 0 Å². The number of carbonyl (C=O) groups is 2. The number of carbonyl (C=O) groups excluding carboxylic acids is 2. The predicted molar refractivity (Wildman–Crippen MR) is 51.3 cm³/mol. The summed E-state index contributed by atoms with van der Waals surface area (Å²) < 4.78 is 4.33. The van der Waals surface area contributed by atoms with Crippen LogP contribution >= 0.6 is 28.6 Å². The van der Waals surface area contributed by atoms with Crippen molar-refractivity contribution in [3.05, 3.63) is 0 Å². The van der Waals surface area contributed by atoms with E-state index in [1.54, 1.807) is 0 Å². The van der Waals surface area contributed by atoms with Gasteiger partial charge in [0.15, 0.2) is 0 Å². The number of esters is 2. The van der Waals surface area contributed by atoms with E-state index in [0.29, 0.717) is 12.2 Å². The Balaban J connectivity index is 3.78. The average molecular weight is 256 g/mol. The number of alkyl halides is 1. The van der Waals surface area contributed by atoms with Gasteiger partial charge in [-0.1, -0.05) is 15.9 Å². The van der Waals surface area contributed by atoms with Gasteiger partial charge in [0.2, 0.25) is 0 Å². The second-order valence-corrected chi connectivity index (χ2v) is 3.05. The van der Waals surface area contributed by atoms with E-state index in [1.807, 2.05) is 0 Å². The number of rotatable bonds is 4. The molecule has 0 aromatic rings. The fourth-order valence-electron chi connectivity index (χ4n) is 0.472. The van der Waals surface area contributed by atoms with Crippen LogP contribution in [-0.2, 0) is 14.3 Å². The third-order valence-corrected chi connectivity index (χ3v) is 1.78. The van der Waals surface area contributed by atoms with Crippen molar-refractivity contribution in [1.29, 1.82) is 0 Å². The van der Waals surface area contributed by atoms with Crippen molar-refractivity contribution in [3.8, 4) is 0 Å². The van der Waals surface area contributed by atoms with Gasteiger partial charge < -0.3 is 10.5 Å². The molecular weight excluding hydrogens is 246 g/mol. The Bertz CT molecular complexity index is 176. The molecule has 1 atom stereocenters. The number of hydrogen-bond acceptors (Lipinski definition) is 5. The SMILES string of the molecule is N[C@H](CCS)C(=O)OC(=O)CBr. The lowest BCUT2D eigenvalue weighted by atomic mass is 10.2. The summed E-state index contributed by atoms with van der Waals surface area (Å²) in [5.41, 5.74) is 5.34. The van der Waals surface area contributed by atoms with Crippen LogP contribution in [0.25, 0.3) is 0 Å². The van der Waals surface area contributed by atoms with Gasteiger partial charge >= 0.3 is 11.9 Å². The summed E-state index contributed by atoms with van der Waals surface area (Å²) in [5, 5.41) is -0.00760. The quantitative estimate of drug-likeness (QED) is 0.324. The molecule has 0 saturated heterocycles. The molecule has 0 bridgehead atoms. The monoisotopic (exact) mass is 255 g/mol. The largest absolute Gasteiger partial charge is 0.391 e. The van der Waals surface area contributed by atoms with Gasteiger partial charge in [-0.15, -0.1) is 0 Å². The molecule has 0 aliphatic rings. The Morgan fingerprint density at radius 1 is 1.58 bits per heavy atom. The van der Waals surface area contributed by atoms with Crippen LogP contribution in [0, 0.1) is 0 Å². The molecule has 0 amide bonds. The topological polar surface area (TPSA) is 69.4 Å².